The van der Waals surface area contributed by atoms with Crippen LogP contribution in [0.3, 0.4) is 0 Å². The SMILES string of the molecule is Nc1ccc(C(=O)O)cc1.Nc1ccc(C(=O)O)cc1.[Mn]. The van der Waals surface area contributed by atoms with E-state index in [9.17, 15) is 9.59 Å². The van der Waals surface area contributed by atoms with Crippen LogP contribution >= 0.6 is 0 Å². The predicted molar refractivity (Wildman–Crippen MR) is 75.6 cm³/mol. The molecule has 111 valence electrons. The van der Waals surface area contributed by atoms with Gasteiger partial charge in [-0.3, -0.25) is 0 Å². The summed E-state index contributed by atoms with van der Waals surface area (Å²) in [5, 5.41) is 16.9. The Hall–Kier alpha value is -2.50. The number of aromatic carboxylic acids is 2. The van der Waals surface area contributed by atoms with Crippen molar-refractivity contribution in [2.75, 3.05) is 11.5 Å². The molecule has 0 saturated heterocycles. The molecule has 0 atom stereocenters. The Labute approximate surface area is 131 Å². The summed E-state index contributed by atoms with van der Waals surface area (Å²) in [4.78, 5) is 20.5. The third-order valence-corrected chi connectivity index (χ3v) is 2.32. The standard InChI is InChI=1S/2C7H7NO2.Mn/c2*8-6-3-1-5(2-4-6)7(9)10;/h2*1-4H,8H2,(H,9,10);. The maximum absolute atomic E-state index is 10.3. The van der Waals surface area contributed by atoms with Crippen molar-refractivity contribution in [3.05, 3.63) is 59.7 Å². The van der Waals surface area contributed by atoms with Crippen LogP contribution in [0.25, 0.3) is 0 Å². The Bertz CT molecular complexity index is 542. The fourth-order valence-electron chi connectivity index (χ4n) is 1.25. The minimum Gasteiger partial charge on any atom is -0.478 e. The van der Waals surface area contributed by atoms with E-state index < -0.39 is 11.9 Å². The van der Waals surface area contributed by atoms with Gasteiger partial charge in [-0.2, -0.15) is 0 Å². The Kier molecular flexibility index (Phi) is 7.60. The van der Waals surface area contributed by atoms with E-state index in [1.807, 2.05) is 0 Å². The van der Waals surface area contributed by atoms with Gasteiger partial charge in [0.2, 0.25) is 0 Å². The van der Waals surface area contributed by atoms with Gasteiger partial charge in [0.25, 0.3) is 0 Å². The Balaban J connectivity index is 0.000000364. The molecule has 21 heavy (non-hydrogen) atoms. The number of anilines is 2. The summed E-state index contributed by atoms with van der Waals surface area (Å²) >= 11 is 0. The van der Waals surface area contributed by atoms with Gasteiger partial charge in [0.05, 0.1) is 11.1 Å². The quantitative estimate of drug-likeness (QED) is 0.492. The molecule has 0 saturated carbocycles. The number of carbonyl (C=O) groups is 2. The van der Waals surface area contributed by atoms with Crippen LogP contribution in [0.2, 0.25) is 0 Å². The first-order valence-electron chi connectivity index (χ1n) is 5.58. The first-order chi connectivity index (χ1) is 9.40. The number of carboxylic acid groups (broad SMARTS) is 2. The molecule has 6 nitrogen and oxygen atoms in total. The van der Waals surface area contributed by atoms with Gasteiger partial charge in [0, 0.05) is 28.4 Å². The molecule has 1 radical (unpaired) electrons. The van der Waals surface area contributed by atoms with Crippen molar-refractivity contribution >= 4 is 23.3 Å². The van der Waals surface area contributed by atoms with Crippen molar-refractivity contribution in [3.8, 4) is 0 Å². The van der Waals surface area contributed by atoms with Crippen molar-refractivity contribution < 1.29 is 36.9 Å². The first kappa shape index (κ1) is 18.5. The Morgan fingerprint density at radius 2 is 0.905 bits per heavy atom. The fraction of sp³-hybridized carbons (Fsp3) is 0. The number of carboxylic acids is 2. The molecule has 6 N–H and O–H groups in total. The van der Waals surface area contributed by atoms with E-state index in [2.05, 4.69) is 0 Å². The van der Waals surface area contributed by atoms with Gasteiger partial charge in [-0.15, -0.1) is 0 Å². The number of nitrogens with two attached hydrogens (primary N) is 2. The van der Waals surface area contributed by atoms with Gasteiger partial charge in [0.1, 0.15) is 0 Å². The molecule has 0 unspecified atom stereocenters. The van der Waals surface area contributed by atoms with Crippen LogP contribution in [0, 0.1) is 0 Å². The minimum absolute atomic E-state index is 0. The molecular formula is C14H14MnN2O4. The third-order valence-electron chi connectivity index (χ3n) is 2.32. The molecule has 0 bridgehead atoms. The molecule has 7 heteroatoms. The van der Waals surface area contributed by atoms with Crippen molar-refractivity contribution in [1.82, 2.24) is 0 Å². The molecule has 0 aliphatic heterocycles. The van der Waals surface area contributed by atoms with E-state index in [0.717, 1.165) is 0 Å². The maximum Gasteiger partial charge on any atom is 0.335 e. The second-order valence-electron chi connectivity index (χ2n) is 3.85. The topological polar surface area (TPSA) is 127 Å². The van der Waals surface area contributed by atoms with Crippen LogP contribution in [0.5, 0.6) is 0 Å². The summed E-state index contributed by atoms with van der Waals surface area (Å²) < 4.78 is 0. The number of hydrogen-bond acceptors (Lipinski definition) is 4. The first-order valence-corrected chi connectivity index (χ1v) is 5.58. The Morgan fingerprint density at radius 3 is 1.10 bits per heavy atom. The van der Waals surface area contributed by atoms with Gasteiger partial charge in [-0.25, -0.2) is 9.59 Å². The van der Waals surface area contributed by atoms with E-state index in [-0.39, 0.29) is 28.2 Å². The largest absolute Gasteiger partial charge is 0.478 e. The van der Waals surface area contributed by atoms with Crippen LogP contribution in [-0.2, 0) is 17.1 Å². The van der Waals surface area contributed by atoms with Crippen LogP contribution in [0.1, 0.15) is 20.7 Å². The minimum atomic E-state index is -0.931. The Morgan fingerprint density at radius 1 is 0.667 bits per heavy atom. The van der Waals surface area contributed by atoms with Gasteiger partial charge in [0.15, 0.2) is 0 Å². The van der Waals surface area contributed by atoms with Crippen LogP contribution < -0.4 is 11.5 Å². The van der Waals surface area contributed by atoms with Gasteiger partial charge < -0.3 is 21.7 Å². The molecule has 0 aliphatic carbocycles. The molecular weight excluding hydrogens is 315 g/mol. The zero-order valence-electron chi connectivity index (χ0n) is 10.9. The summed E-state index contributed by atoms with van der Waals surface area (Å²) in [5.74, 6) is -1.86. The van der Waals surface area contributed by atoms with E-state index in [1.165, 1.54) is 24.3 Å². The molecule has 0 fully saturated rings. The van der Waals surface area contributed by atoms with Crippen LogP contribution in [0.15, 0.2) is 48.5 Å². The molecule has 0 heterocycles. The molecule has 2 aromatic carbocycles. The number of rotatable bonds is 2. The summed E-state index contributed by atoms with van der Waals surface area (Å²) in [7, 11) is 0. The summed E-state index contributed by atoms with van der Waals surface area (Å²) in [6, 6.07) is 12.1. The second kappa shape index (κ2) is 8.63. The van der Waals surface area contributed by atoms with Crippen LogP contribution in [0.4, 0.5) is 11.4 Å². The molecule has 2 aromatic rings. The van der Waals surface area contributed by atoms with E-state index in [0.29, 0.717) is 11.4 Å². The second-order valence-corrected chi connectivity index (χ2v) is 3.85. The van der Waals surface area contributed by atoms with E-state index in [1.54, 1.807) is 24.3 Å². The summed E-state index contributed by atoms with van der Waals surface area (Å²) in [5.41, 5.74) is 12.3. The van der Waals surface area contributed by atoms with Crippen molar-refractivity contribution in [2.45, 2.75) is 0 Å². The molecule has 0 amide bonds. The molecule has 0 spiro atoms. The number of nitrogen functional groups attached to an aromatic ring is 2. The maximum atomic E-state index is 10.3. The monoisotopic (exact) mass is 329 g/mol. The van der Waals surface area contributed by atoms with Gasteiger partial charge in [-0.1, -0.05) is 0 Å². The summed E-state index contributed by atoms with van der Waals surface area (Å²) in [6.45, 7) is 0. The predicted octanol–water partition coefficient (Wildman–Crippen LogP) is 1.93. The zero-order chi connectivity index (χ0) is 15.1. The van der Waals surface area contributed by atoms with Crippen molar-refractivity contribution in [3.63, 3.8) is 0 Å². The average Bonchev–Trinajstić information content (AvgIpc) is 2.40. The number of benzene rings is 2. The smallest absolute Gasteiger partial charge is 0.335 e. The van der Waals surface area contributed by atoms with Crippen molar-refractivity contribution in [2.24, 2.45) is 0 Å². The number of hydrogen-bond donors (Lipinski definition) is 4. The third kappa shape index (κ3) is 6.47. The van der Waals surface area contributed by atoms with E-state index >= 15 is 0 Å². The van der Waals surface area contributed by atoms with E-state index in [4.69, 9.17) is 21.7 Å². The molecule has 0 aromatic heterocycles. The zero-order valence-corrected chi connectivity index (χ0v) is 12.0. The van der Waals surface area contributed by atoms with Gasteiger partial charge >= 0.3 is 11.9 Å². The van der Waals surface area contributed by atoms with Crippen molar-refractivity contribution in [1.29, 1.82) is 0 Å². The fourth-order valence-corrected chi connectivity index (χ4v) is 1.25. The molecule has 0 aliphatic rings. The molecule has 2 rings (SSSR count). The van der Waals surface area contributed by atoms with Gasteiger partial charge in [-0.05, 0) is 48.5 Å². The summed E-state index contributed by atoms with van der Waals surface area (Å²) in [6.07, 6.45) is 0. The van der Waals surface area contributed by atoms with Crippen LogP contribution in [-0.4, -0.2) is 22.2 Å². The average molecular weight is 329 g/mol. The normalized spacial score (nSPS) is 8.76.